The molecule has 1 aliphatic heterocycles. The Balaban J connectivity index is 1.53. The molecule has 0 bridgehead atoms. The molecule has 1 aromatic carbocycles. The summed E-state index contributed by atoms with van der Waals surface area (Å²) < 4.78 is 13.3. The smallest absolute Gasteiger partial charge is 0.264 e. The van der Waals surface area contributed by atoms with E-state index >= 15 is 0 Å². The number of amides is 1. The molecule has 5 heteroatoms. The predicted molar refractivity (Wildman–Crippen MR) is 86.7 cm³/mol. The third kappa shape index (κ3) is 4.30. The number of nitrogens with one attached hydrogen (secondary N) is 1. The summed E-state index contributed by atoms with van der Waals surface area (Å²) in [7, 11) is 0. The first kappa shape index (κ1) is 16.0. The summed E-state index contributed by atoms with van der Waals surface area (Å²) in [6.07, 6.45) is 8.01. The van der Waals surface area contributed by atoms with Gasteiger partial charge in [-0.15, -0.1) is 0 Å². The maximum absolute atomic E-state index is 13.3. The van der Waals surface area contributed by atoms with Crippen LogP contribution in [0, 0.1) is 5.82 Å². The molecule has 1 aliphatic carbocycles. The zero-order chi connectivity index (χ0) is 16.1. The number of hydrogen-bond donors (Lipinski definition) is 1. The van der Waals surface area contributed by atoms with E-state index in [9.17, 15) is 9.18 Å². The molecular formula is C18H23FN2O2. The number of benzene rings is 1. The fraction of sp³-hybridized carbons (Fsp3) is 0.556. The maximum Gasteiger partial charge on any atom is 0.264 e. The summed E-state index contributed by atoms with van der Waals surface area (Å²) in [4.78, 5) is 17.6. The molecule has 0 unspecified atom stereocenters. The van der Waals surface area contributed by atoms with Gasteiger partial charge in [-0.05, 0) is 25.0 Å². The highest BCUT2D eigenvalue weighted by Gasteiger charge is 2.30. The van der Waals surface area contributed by atoms with E-state index in [2.05, 4.69) is 10.5 Å². The van der Waals surface area contributed by atoms with Crippen LogP contribution in [0.25, 0.3) is 0 Å². The number of rotatable bonds is 3. The van der Waals surface area contributed by atoms with E-state index in [1.54, 1.807) is 12.1 Å². The van der Waals surface area contributed by atoms with E-state index in [0.717, 1.165) is 12.8 Å². The van der Waals surface area contributed by atoms with Crippen molar-refractivity contribution in [2.75, 3.05) is 0 Å². The van der Waals surface area contributed by atoms with Crippen LogP contribution < -0.4 is 5.32 Å². The predicted octanol–water partition coefficient (Wildman–Crippen LogP) is 3.55. The Hall–Kier alpha value is -1.91. The molecule has 1 fully saturated rings. The molecule has 0 spiro atoms. The molecule has 1 N–H and O–H groups in total. The minimum absolute atomic E-state index is 0.106. The highest BCUT2D eigenvalue weighted by atomic mass is 19.1. The number of halogens is 1. The van der Waals surface area contributed by atoms with Gasteiger partial charge in [0.05, 0.1) is 5.71 Å². The third-order valence-electron chi connectivity index (χ3n) is 4.57. The molecule has 1 aromatic rings. The standard InChI is InChI=1S/C18H23FN2O2/c19-14-8-6-7-13(11-14)16-12-17(23-21-16)18(22)20-15-9-4-2-1-3-5-10-15/h6-8,11,15,17H,1-5,9-10,12H2,(H,20,22)/t17-/m0/s1. The van der Waals surface area contributed by atoms with Gasteiger partial charge in [0, 0.05) is 18.0 Å². The maximum atomic E-state index is 13.3. The van der Waals surface area contributed by atoms with E-state index in [1.165, 1.54) is 44.2 Å². The quantitative estimate of drug-likeness (QED) is 0.926. The van der Waals surface area contributed by atoms with Gasteiger partial charge in [0.25, 0.3) is 5.91 Å². The van der Waals surface area contributed by atoms with Gasteiger partial charge in [-0.3, -0.25) is 4.79 Å². The fourth-order valence-corrected chi connectivity index (χ4v) is 3.25. The van der Waals surface area contributed by atoms with Crippen molar-refractivity contribution in [1.29, 1.82) is 0 Å². The zero-order valence-electron chi connectivity index (χ0n) is 13.3. The van der Waals surface area contributed by atoms with Crippen LogP contribution in [0.3, 0.4) is 0 Å². The van der Waals surface area contributed by atoms with Crippen LogP contribution in [0.15, 0.2) is 29.4 Å². The van der Waals surface area contributed by atoms with Crippen LogP contribution in [0.5, 0.6) is 0 Å². The van der Waals surface area contributed by atoms with Gasteiger partial charge < -0.3 is 10.2 Å². The Morgan fingerprint density at radius 3 is 2.65 bits per heavy atom. The second-order valence-corrected chi connectivity index (χ2v) is 6.40. The normalized spacial score (nSPS) is 22.7. The van der Waals surface area contributed by atoms with Gasteiger partial charge in [0.15, 0.2) is 0 Å². The first-order valence-corrected chi connectivity index (χ1v) is 8.51. The first-order valence-electron chi connectivity index (χ1n) is 8.51. The largest absolute Gasteiger partial charge is 0.382 e. The average molecular weight is 318 g/mol. The van der Waals surface area contributed by atoms with Crippen LogP contribution in [0.2, 0.25) is 0 Å². The number of carbonyl (C=O) groups is 1. The highest BCUT2D eigenvalue weighted by molar-refractivity contribution is 6.04. The average Bonchev–Trinajstić information content (AvgIpc) is 3.00. The van der Waals surface area contributed by atoms with Gasteiger partial charge in [-0.25, -0.2) is 4.39 Å². The summed E-state index contributed by atoms with van der Waals surface area (Å²) in [5, 5.41) is 7.07. The van der Waals surface area contributed by atoms with Crippen LogP contribution in [0.1, 0.15) is 56.9 Å². The van der Waals surface area contributed by atoms with Crippen molar-refractivity contribution < 1.29 is 14.0 Å². The lowest BCUT2D eigenvalue weighted by molar-refractivity contribution is -0.132. The van der Waals surface area contributed by atoms with E-state index in [0.29, 0.717) is 17.7 Å². The van der Waals surface area contributed by atoms with Crippen molar-refractivity contribution in [3.8, 4) is 0 Å². The van der Waals surface area contributed by atoms with Gasteiger partial charge in [0.1, 0.15) is 5.82 Å². The number of nitrogens with zero attached hydrogens (tertiary/aromatic N) is 1. The Kier molecular flexibility index (Phi) is 5.26. The minimum atomic E-state index is -0.598. The summed E-state index contributed by atoms with van der Waals surface area (Å²) in [6.45, 7) is 0. The third-order valence-corrected chi connectivity index (χ3v) is 4.57. The molecule has 1 heterocycles. The van der Waals surface area contributed by atoms with Crippen molar-refractivity contribution in [1.82, 2.24) is 5.32 Å². The van der Waals surface area contributed by atoms with Crippen LogP contribution >= 0.6 is 0 Å². The topological polar surface area (TPSA) is 50.7 Å². The molecule has 0 radical (unpaired) electrons. The van der Waals surface area contributed by atoms with E-state index in [4.69, 9.17) is 4.84 Å². The first-order chi connectivity index (χ1) is 11.2. The molecule has 124 valence electrons. The molecule has 1 atom stereocenters. The van der Waals surface area contributed by atoms with Crippen molar-refractivity contribution in [2.24, 2.45) is 5.16 Å². The summed E-state index contributed by atoms with van der Waals surface area (Å²) in [5.41, 5.74) is 1.30. The molecule has 1 saturated carbocycles. The molecule has 1 amide bonds. The minimum Gasteiger partial charge on any atom is -0.382 e. The fourth-order valence-electron chi connectivity index (χ4n) is 3.25. The second kappa shape index (κ2) is 7.57. The molecule has 3 rings (SSSR count). The Morgan fingerprint density at radius 1 is 1.17 bits per heavy atom. The number of hydrogen-bond acceptors (Lipinski definition) is 3. The lowest BCUT2D eigenvalue weighted by Crippen LogP contribution is -2.41. The monoisotopic (exact) mass is 318 g/mol. The van der Waals surface area contributed by atoms with Gasteiger partial charge >= 0.3 is 0 Å². The van der Waals surface area contributed by atoms with Gasteiger partial charge in [0.2, 0.25) is 6.10 Å². The lowest BCUT2D eigenvalue weighted by atomic mass is 9.96. The number of carbonyl (C=O) groups excluding carboxylic acids is 1. The molecular weight excluding hydrogens is 295 g/mol. The van der Waals surface area contributed by atoms with Crippen LogP contribution in [0.4, 0.5) is 4.39 Å². The lowest BCUT2D eigenvalue weighted by Gasteiger charge is -2.22. The Morgan fingerprint density at radius 2 is 1.91 bits per heavy atom. The van der Waals surface area contributed by atoms with Crippen molar-refractivity contribution in [2.45, 2.75) is 63.5 Å². The summed E-state index contributed by atoms with van der Waals surface area (Å²) >= 11 is 0. The Labute approximate surface area is 136 Å². The zero-order valence-corrected chi connectivity index (χ0v) is 13.3. The number of oxime groups is 1. The molecule has 4 nitrogen and oxygen atoms in total. The van der Waals surface area contributed by atoms with Crippen molar-refractivity contribution in [3.05, 3.63) is 35.6 Å². The molecule has 0 saturated heterocycles. The van der Waals surface area contributed by atoms with E-state index < -0.39 is 6.10 Å². The van der Waals surface area contributed by atoms with Gasteiger partial charge in [-0.2, -0.15) is 0 Å². The summed E-state index contributed by atoms with van der Waals surface area (Å²) in [6, 6.07) is 6.45. The van der Waals surface area contributed by atoms with E-state index in [1.807, 2.05) is 0 Å². The van der Waals surface area contributed by atoms with Gasteiger partial charge in [-0.1, -0.05) is 49.4 Å². The second-order valence-electron chi connectivity index (χ2n) is 6.40. The van der Waals surface area contributed by atoms with Crippen LogP contribution in [-0.4, -0.2) is 23.8 Å². The highest BCUT2D eigenvalue weighted by Crippen LogP contribution is 2.20. The van der Waals surface area contributed by atoms with Crippen molar-refractivity contribution in [3.63, 3.8) is 0 Å². The SMILES string of the molecule is O=C(NC1CCCCCCC1)[C@@H]1CC(c2cccc(F)c2)=NO1. The van der Waals surface area contributed by atoms with E-state index in [-0.39, 0.29) is 17.8 Å². The van der Waals surface area contributed by atoms with Crippen molar-refractivity contribution >= 4 is 11.6 Å². The van der Waals surface area contributed by atoms with Crippen LogP contribution in [-0.2, 0) is 9.63 Å². The summed E-state index contributed by atoms with van der Waals surface area (Å²) in [5.74, 6) is -0.418. The molecule has 2 aliphatic rings. The molecule has 0 aromatic heterocycles. The Bertz CT molecular complexity index is 580. The molecule has 23 heavy (non-hydrogen) atoms.